The fraction of sp³-hybridized carbons (Fsp3) is 0.200. The molecule has 0 atom stereocenters. The Bertz CT molecular complexity index is 959. The molecular formula is C20H20N2O3. The van der Waals surface area contributed by atoms with Crippen LogP contribution >= 0.6 is 0 Å². The van der Waals surface area contributed by atoms with E-state index in [1.54, 1.807) is 31.5 Å². The van der Waals surface area contributed by atoms with Gasteiger partial charge in [-0.1, -0.05) is 19.1 Å². The largest absolute Gasteiger partial charge is 0.497 e. The second-order valence-electron chi connectivity index (χ2n) is 5.80. The van der Waals surface area contributed by atoms with Gasteiger partial charge in [0.05, 0.1) is 7.11 Å². The van der Waals surface area contributed by atoms with E-state index in [1.807, 2.05) is 30.3 Å². The number of fused-ring (bicyclic) bond motifs is 1. The Labute approximate surface area is 145 Å². The third kappa shape index (κ3) is 3.71. The number of anilines is 1. The molecule has 2 aromatic carbocycles. The first-order chi connectivity index (χ1) is 12.1. The van der Waals surface area contributed by atoms with Crippen LogP contribution in [0.4, 0.5) is 5.69 Å². The number of benzene rings is 2. The monoisotopic (exact) mass is 336 g/mol. The number of carbonyl (C=O) groups is 1. The van der Waals surface area contributed by atoms with Crippen LogP contribution in [0.5, 0.6) is 5.75 Å². The Morgan fingerprint density at radius 3 is 2.56 bits per heavy atom. The molecule has 0 aliphatic heterocycles. The first-order valence-corrected chi connectivity index (χ1v) is 8.16. The summed E-state index contributed by atoms with van der Waals surface area (Å²) in [6.45, 7) is 2.05. The maximum Gasteiger partial charge on any atom is 0.258 e. The van der Waals surface area contributed by atoms with Crippen molar-refractivity contribution in [1.82, 2.24) is 4.57 Å². The molecule has 0 bridgehead atoms. The summed E-state index contributed by atoms with van der Waals surface area (Å²) in [5.74, 6) is 0.456. The number of hydrogen-bond acceptors (Lipinski definition) is 3. The minimum absolute atomic E-state index is 0.0314. The maximum atomic E-state index is 12.5. The Morgan fingerprint density at radius 2 is 1.88 bits per heavy atom. The van der Waals surface area contributed by atoms with Crippen LogP contribution in [0.1, 0.15) is 12.5 Å². The van der Waals surface area contributed by atoms with Gasteiger partial charge in [0, 0.05) is 17.3 Å². The molecule has 3 rings (SSSR count). The smallest absolute Gasteiger partial charge is 0.258 e. The van der Waals surface area contributed by atoms with Gasteiger partial charge in [0.25, 0.3) is 5.56 Å². The number of ether oxygens (including phenoxy) is 1. The number of carbonyl (C=O) groups excluding carboxylic acids is 1. The summed E-state index contributed by atoms with van der Waals surface area (Å²) in [6.07, 6.45) is 2.58. The van der Waals surface area contributed by atoms with Gasteiger partial charge in [-0.05, 0) is 53.8 Å². The number of rotatable bonds is 5. The Kier molecular flexibility index (Phi) is 4.84. The average molecular weight is 336 g/mol. The van der Waals surface area contributed by atoms with Crippen molar-refractivity contribution in [1.29, 1.82) is 0 Å². The molecule has 0 radical (unpaired) electrons. The lowest BCUT2D eigenvalue weighted by Gasteiger charge is -2.09. The van der Waals surface area contributed by atoms with E-state index in [9.17, 15) is 9.59 Å². The lowest BCUT2D eigenvalue weighted by Crippen LogP contribution is -2.27. The van der Waals surface area contributed by atoms with Gasteiger partial charge in [-0.25, -0.2) is 0 Å². The fourth-order valence-corrected chi connectivity index (χ4v) is 2.70. The Hall–Kier alpha value is -3.08. The molecule has 0 saturated carbocycles. The van der Waals surface area contributed by atoms with Crippen LogP contribution in [0.25, 0.3) is 10.8 Å². The molecule has 5 nitrogen and oxygen atoms in total. The first kappa shape index (κ1) is 16.8. The number of methoxy groups -OCH3 is 1. The summed E-state index contributed by atoms with van der Waals surface area (Å²) in [5, 5.41) is 4.16. The Morgan fingerprint density at radius 1 is 1.12 bits per heavy atom. The minimum Gasteiger partial charge on any atom is -0.497 e. The van der Waals surface area contributed by atoms with E-state index in [4.69, 9.17) is 4.74 Å². The van der Waals surface area contributed by atoms with Gasteiger partial charge in [-0.2, -0.15) is 0 Å². The van der Waals surface area contributed by atoms with Crippen LogP contribution in [0.2, 0.25) is 0 Å². The number of hydrogen-bond donors (Lipinski definition) is 1. The number of aromatic nitrogens is 1. The number of nitrogens with zero attached hydrogens (tertiary/aromatic N) is 1. The predicted octanol–water partition coefficient (Wildman–Crippen LogP) is 3.21. The first-order valence-electron chi connectivity index (χ1n) is 8.16. The standard InChI is InChI=1S/C20H20N2O3/c1-3-14-4-6-16(7-5-14)21-19(23)13-22-11-10-15-12-17(25-2)8-9-18(15)20(22)24/h4-12H,3,13H2,1-2H3,(H,21,23). The van der Waals surface area contributed by atoms with Crippen molar-refractivity contribution in [2.45, 2.75) is 19.9 Å². The summed E-state index contributed by atoms with van der Waals surface area (Å²) >= 11 is 0. The normalized spacial score (nSPS) is 10.6. The lowest BCUT2D eigenvalue weighted by atomic mass is 10.1. The van der Waals surface area contributed by atoms with Crippen molar-refractivity contribution in [2.24, 2.45) is 0 Å². The topological polar surface area (TPSA) is 60.3 Å². The zero-order valence-corrected chi connectivity index (χ0v) is 14.3. The quantitative estimate of drug-likeness (QED) is 0.778. The molecule has 0 aliphatic rings. The van der Waals surface area contributed by atoms with E-state index < -0.39 is 0 Å². The van der Waals surface area contributed by atoms with Crippen LogP contribution in [0, 0.1) is 0 Å². The third-order valence-corrected chi connectivity index (χ3v) is 4.14. The highest BCUT2D eigenvalue weighted by Gasteiger charge is 2.08. The second-order valence-corrected chi connectivity index (χ2v) is 5.80. The molecule has 1 aromatic heterocycles. The average Bonchev–Trinajstić information content (AvgIpc) is 2.64. The highest BCUT2D eigenvalue weighted by atomic mass is 16.5. The molecule has 0 fully saturated rings. The van der Waals surface area contributed by atoms with Crippen LogP contribution in [0.3, 0.4) is 0 Å². The molecule has 1 heterocycles. The van der Waals surface area contributed by atoms with Crippen molar-refractivity contribution in [3.05, 3.63) is 70.6 Å². The van der Waals surface area contributed by atoms with Crippen molar-refractivity contribution >= 4 is 22.4 Å². The minimum atomic E-state index is -0.237. The molecule has 25 heavy (non-hydrogen) atoms. The van der Waals surface area contributed by atoms with Crippen molar-refractivity contribution < 1.29 is 9.53 Å². The van der Waals surface area contributed by atoms with Gasteiger partial charge in [0.15, 0.2) is 0 Å². The van der Waals surface area contributed by atoms with E-state index >= 15 is 0 Å². The molecule has 0 spiro atoms. The van der Waals surface area contributed by atoms with Crippen molar-refractivity contribution in [3.63, 3.8) is 0 Å². The van der Waals surface area contributed by atoms with Gasteiger partial charge in [0.1, 0.15) is 12.3 Å². The van der Waals surface area contributed by atoms with Gasteiger partial charge in [-0.3, -0.25) is 9.59 Å². The van der Waals surface area contributed by atoms with Crippen molar-refractivity contribution in [2.75, 3.05) is 12.4 Å². The number of nitrogens with one attached hydrogen (secondary N) is 1. The van der Waals surface area contributed by atoms with Gasteiger partial charge < -0.3 is 14.6 Å². The van der Waals surface area contributed by atoms with Crippen molar-refractivity contribution in [3.8, 4) is 5.75 Å². The SMILES string of the molecule is CCc1ccc(NC(=O)Cn2ccc3cc(OC)ccc3c2=O)cc1. The molecule has 1 N–H and O–H groups in total. The lowest BCUT2D eigenvalue weighted by molar-refractivity contribution is -0.116. The summed E-state index contributed by atoms with van der Waals surface area (Å²) < 4.78 is 6.57. The highest BCUT2D eigenvalue weighted by Crippen LogP contribution is 2.17. The molecular weight excluding hydrogens is 316 g/mol. The molecule has 128 valence electrons. The van der Waals surface area contributed by atoms with Crippen LogP contribution in [-0.4, -0.2) is 17.6 Å². The van der Waals surface area contributed by atoms with E-state index in [2.05, 4.69) is 12.2 Å². The van der Waals surface area contributed by atoms with Gasteiger partial charge >= 0.3 is 0 Å². The predicted molar refractivity (Wildman–Crippen MR) is 99.2 cm³/mol. The number of pyridine rings is 1. The number of aryl methyl sites for hydroxylation is 1. The fourth-order valence-electron chi connectivity index (χ4n) is 2.70. The number of amides is 1. The third-order valence-electron chi connectivity index (χ3n) is 4.14. The second kappa shape index (κ2) is 7.21. The van der Waals surface area contributed by atoms with Crippen LogP contribution in [0.15, 0.2) is 59.5 Å². The molecule has 0 aliphatic carbocycles. The highest BCUT2D eigenvalue weighted by molar-refractivity contribution is 5.91. The van der Waals surface area contributed by atoms with E-state index in [1.165, 1.54) is 10.1 Å². The molecule has 3 aromatic rings. The van der Waals surface area contributed by atoms with Crippen LogP contribution < -0.4 is 15.6 Å². The molecule has 5 heteroatoms. The zero-order chi connectivity index (χ0) is 17.8. The molecule has 1 amide bonds. The Balaban J connectivity index is 1.78. The van der Waals surface area contributed by atoms with Gasteiger partial charge in [0.2, 0.25) is 5.91 Å². The van der Waals surface area contributed by atoms with Gasteiger partial charge in [-0.15, -0.1) is 0 Å². The molecule has 0 unspecified atom stereocenters. The summed E-state index contributed by atoms with van der Waals surface area (Å²) in [7, 11) is 1.58. The van der Waals surface area contributed by atoms with E-state index in [0.29, 0.717) is 11.1 Å². The summed E-state index contributed by atoms with van der Waals surface area (Å²) in [5.41, 5.74) is 1.73. The maximum absolute atomic E-state index is 12.5. The summed E-state index contributed by atoms with van der Waals surface area (Å²) in [6, 6.07) is 14.8. The summed E-state index contributed by atoms with van der Waals surface area (Å²) in [4.78, 5) is 24.8. The van der Waals surface area contributed by atoms with Crippen LogP contribution in [-0.2, 0) is 17.8 Å². The van der Waals surface area contributed by atoms with E-state index in [0.717, 1.165) is 17.5 Å². The zero-order valence-electron chi connectivity index (χ0n) is 14.3. The molecule has 0 saturated heterocycles. The van der Waals surface area contributed by atoms with E-state index in [-0.39, 0.29) is 18.0 Å².